The van der Waals surface area contributed by atoms with E-state index in [2.05, 4.69) is 20.6 Å². The summed E-state index contributed by atoms with van der Waals surface area (Å²) in [6.07, 6.45) is -1.78. The summed E-state index contributed by atoms with van der Waals surface area (Å²) in [5.74, 6) is -0.814. The van der Waals surface area contributed by atoms with E-state index >= 15 is 0 Å². The molecule has 1 atom stereocenters. The number of nitrogens with zero attached hydrogens (tertiary/aromatic N) is 4. The molecule has 0 saturated heterocycles. The molecule has 0 bridgehead atoms. The second-order valence-electron chi connectivity index (χ2n) is 7.18. The number of aromatic nitrogens is 4. The molecule has 1 aliphatic rings. The van der Waals surface area contributed by atoms with Gasteiger partial charge in [-0.1, -0.05) is 17.3 Å². The molecule has 1 fully saturated rings. The van der Waals surface area contributed by atoms with Crippen molar-refractivity contribution in [2.24, 2.45) is 0 Å². The van der Waals surface area contributed by atoms with Gasteiger partial charge in [-0.15, -0.1) is 0 Å². The van der Waals surface area contributed by atoms with Gasteiger partial charge in [-0.05, 0) is 31.9 Å². The lowest BCUT2D eigenvalue weighted by molar-refractivity contribution is -0.142. The largest absolute Gasteiger partial charge is 0.408 e. The lowest BCUT2D eigenvalue weighted by atomic mass is 10.1. The second kappa shape index (κ2) is 7.54. The van der Waals surface area contributed by atoms with Gasteiger partial charge in [-0.3, -0.25) is 9.48 Å². The van der Waals surface area contributed by atoms with Crippen molar-refractivity contribution >= 4 is 5.91 Å². The minimum atomic E-state index is -4.44. The lowest BCUT2D eigenvalue weighted by Gasteiger charge is -2.09. The second-order valence-corrected chi connectivity index (χ2v) is 7.18. The third-order valence-corrected chi connectivity index (χ3v) is 4.58. The van der Waals surface area contributed by atoms with E-state index in [0.29, 0.717) is 11.3 Å². The minimum Gasteiger partial charge on any atom is -0.340 e. The summed E-state index contributed by atoms with van der Waals surface area (Å²) in [5.41, 5.74) is 0.862. The molecule has 1 saturated carbocycles. The van der Waals surface area contributed by atoms with Gasteiger partial charge in [0.1, 0.15) is 18.4 Å². The molecular weight excluding hydrogens is 406 g/mol. The number of alkyl halides is 3. The number of amides is 1. The Morgan fingerprint density at radius 2 is 2.13 bits per heavy atom. The van der Waals surface area contributed by atoms with Crippen LogP contribution in [-0.2, 0) is 6.54 Å². The average molecular weight is 423 g/mol. The highest BCUT2D eigenvalue weighted by Crippen LogP contribution is 2.41. The first-order valence-corrected chi connectivity index (χ1v) is 9.24. The van der Waals surface area contributed by atoms with Crippen LogP contribution in [0.1, 0.15) is 53.7 Å². The van der Waals surface area contributed by atoms with E-state index in [1.807, 2.05) is 0 Å². The Morgan fingerprint density at radius 1 is 1.37 bits per heavy atom. The molecule has 30 heavy (non-hydrogen) atoms. The van der Waals surface area contributed by atoms with E-state index in [-0.39, 0.29) is 23.2 Å². The van der Waals surface area contributed by atoms with E-state index in [9.17, 15) is 22.4 Å². The van der Waals surface area contributed by atoms with E-state index in [0.717, 1.165) is 23.7 Å². The molecule has 11 heteroatoms. The normalized spacial score (nSPS) is 15.2. The van der Waals surface area contributed by atoms with Crippen LogP contribution in [0.15, 0.2) is 35.0 Å². The van der Waals surface area contributed by atoms with Crippen molar-refractivity contribution in [3.63, 3.8) is 0 Å². The molecule has 0 radical (unpaired) electrons. The van der Waals surface area contributed by atoms with E-state index < -0.39 is 30.5 Å². The number of carbonyl (C=O) groups is 1. The van der Waals surface area contributed by atoms with Crippen molar-refractivity contribution in [1.29, 1.82) is 0 Å². The van der Waals surface area contributed by atoms with Gasteiger partial charge < -0.3 is 9.84 Å². The third-order valence-electron chi connectivity index (χ3n) is 4.58. The molecule has 4 rings (SSSR count). The Labute approximate surface area is 168 Å². The standard InChI is InChI=1S/C19H17F4N5O2/c1-10(18-25-16(27-30-18)12-3-2-4-13(20)7-12)24-17(29)14-8-28(9-19(21,22)23)26-15(14)11-5-6-11/h2-4,7-8,10-11H,5-6,9H2,1H3,(H,24,29)/t10-/m0/s1. The van der Waals surface area contributed by atoms with Crippen LogP contribution < -0.4 is 5.32 Å². The molecule has 3 aromatic rings. The van der Waals surface area contributed by atoms with Gasteiger partial charge in [-0.25, -0.2) is 4.39 Å². The van der Waals surface area contributed by atoms with Gasteiger partial charge in [0.15, 0.2) is 0 Å². The summed E-state index contributed by atoms with van der Waals surface area (Å²) >= 11 is 0. The summed E-state index contributed by atoms with van der Waals surface area (Å²) in [6.45, 7) is 0.327. The zero-order valence-electron chi connectivity index (χ0n) is 15.8. The summed E-state index contributed by atoms with van der Waals surface area (Å²) in [7, 11) is 0. The predicted molar refractivity (Wildman–Crippen MR) is 95.8 cm³/mol. The Bertz CT molecular complexity index is 1070. The highest BCUT2D eigenvalue weighted by atomic mass is 19.4. The van der Waals surface area contributed by atoms with Gasteiger partial charge in [0.25, 0.3) is 5.91 Å². The van der Waals surface area contributed by atoms with Crippen LogP contribution in [0.25, 0.3) is 11.4 Å². The Kier molecular flexibility index (Phi) is 5.04. The molecule has 1 amide bonds. The van der Waals surface area contributed by atoms with Crippen molar-refractivity contribution in [1.82, 2.24) is 25.2 Å². The molecule has 0 spiro atoms. The first-order valence-electron chi connectivity index (χ1n) is 9.24. The topological polar surface area (TPSA) is 85.8 Å². The lowest BCUT2D eigenvalue weighted by Crippen LogP contribution is -2.27. The number of hydrogen-bond acceptors (Lipinski definition) is 5. The van der Waals surface area contributed by atoms with Crippen LogP contribution in [0, 0.1) is 5.82 Å². The molecule has 0 aliphatic heterocycles. The zero-order valence-corrected chi connectivity index (χ0v) is 15.8. The first-order chi connectivity index (χ1) is 14.2. The van der Waals surface area contributed by atoms with E-state index in [1.165, 1.54) is 18.2 Å². The molecule has 158 valence electrons. The fraction of sp³-hybridized carbons (Fsp3) is 0.368. The van der Waals surface area contributed by atoms with Crippen LogP contribution in [0.3, 0.4) is 0 Å². The van der Waals surface area contributed by atoms with Gasteiger partial charge >= 0.3 is 6.18 Å². The number of carbonyl (C=O) groups excluding carboxylic acids is 1. The van der Waals surface area contributed by atoms with Crippen molar-refractivity contribution in [2.45, 2.75) is 44.4 Å². The van der Waals surface area contributed by atoms with Crippen LogP contribution in [-0.4, -0.2) is 32.0 Å². The third kappa shape index (κ3) is 4.50. The smallest absolute Gasteiger partial charge is 0.340 e. The van der Waals surface area contributed by atoms with Gasteiger partial charge in [0.2, 0.25) is 11.7 Å². The molecule has 1 aliphatic carbocycles. The molecule has 1 N–H and O–H groups in total. The maximum Gasteiger partial charge on any atom is 0.408 e. The van der Waals surface area contributed by atoms with Crippen molar-refractivity contribution in [3.8, 4) is 11.4 Å². The van der Waals surface area contributed by atoms with Crippen molar-refractivity contribution in [2.75, 3.05) is 0 Å². The van der Waals surface area contributed by atoms with Gasteiger partial charge in [-0.2, -0.15) is 23.3 Å². The summed E-state index contributed by atoms with van der Waals surface area (Å²) in [5, 5.41) is 10.4. The average Bonchev–Trinajstić information content (AvgIpc) is 3.23. The molecule has 2 aromatic heterocycles. The minimum absolute atomic E-state index is 0.0153. The van der Waals surface area contributed by atoms with Crippen LogP contribution in [0.5, 0.6) is 0 Å². The number of nitrogens with one attached hydrogen (secondary N) is 1. The summed E-state index contributed by atoms with van der Waals surface area (Å²) < 4.78 is 57.3. The zero-order chi connectivity index (χ0) is 21.5. The number of benzene rings is 1. The summed E-state index contributed by atoms with van der Waals surface area (Å²) in [6, 6.07) is 4.92. The predicted octanol–water partition coefficient (Wildman–Crippen LogP) is 4.00. The molecular formula is C19H17F4N5O2. The molecule has 1 aromatic carbocycles. The number of hydrogen-bond donors (Lipinski definition) is 1. The van der Waals surface area contributed by atoms with Crippen LogP contribution in [0.4, 0.5) is 17.6 Å². The highest BCUT2D eigenvalue weighted by Gasteiger charge is 2.35. The Balaban J connectivity index is 1.50. The molecule has 2 heterocycles. The first kappa shape index (κ1) is 20.0. The Hall–Kier alpha value is -3.24. The van der Waals surface area contributed by atoms with Crippen molar-refractivity contribution < 1.29 is 26.9 Å². The maximum atomic E-state index is 13.4. The monoisotopic (exact) mass is 423 g/mol. The van der Waals surface area contributed by atoms with Crippen LogP contribution in [0.2, 0.25) is 0 Å². The van der Waals surface area contributed by atoms with E-state index in [1.54, 1.807) is 13.0 Å². The fourth-order valence-electron chi connectivity index (χ4n) is 3.03. The Morgan fingerprint density at radius 3 is 2.80 bits per heavy atom. The summed E-state index contributed by atoms with van der Waals surface area (Å²) in [4.78, 5) is 16.9. The quantitative estimate of drug-likeness (QED) is 0.606. The van der Waals surface area contributed by atoms with Gasteiger partial charge in [0, 0.05) is 17.7 Å². The van der Waals surface area contributed by atoms with Gasteiger partial charge in [0.05, 0.1) is 11.3 Å². The number of halogens is 4. The van der Waals surface area contributed by atoms with Crippen molar-refractivity contribution in [3.05, 3.63) is 53.4 Å². The highest BCUT2D eigenvalue weighted by molar-refractivity contribution is 5.95. The molecule has 0 unspecified atom stereocenters. The van der Waals surface area contributed by atoms with Crippen LogP contribution >= 0.6 is 0 Å². The number of rotatable bonds is 6. The maximum absolute atomic E-state index is 13.4. The van der Waals surface area contributed by atoms with E-state index in [4.69, 9.17) is 4.52 Å². The SMILES string of the molecule is C[C@H](NC(=O)c1cn(CC(F)(F)F)nc1C1CC1)c1nc(-c2cccc(F)c2)no1. The molecule has 7 nitrogen and oxygen atoms in total. The fourth-order valence-corrected chi connectivity index (χ4v) is 3.03.